The van der Waals surface area contributed by atoms with E-state index in [0.717, 1.165) is 30.5 Å². The summed E-state index contributed by atoms with van der Waals surface area (Å²) in [4.78, 5) is 15.3. The summed E-state index contributed by atoms with van der Waals surface area (Å²) in [5.41, 5.74) is 5.51. The fourth-order valence-corrected chi connectivity index (χ4v) is 8.30. The molecule has 6 heterocycles. The molecule has 5 aliphatic heterocycles. The molecule has 4 heteroatoms. The van der Waals surface area contributed by atoms with E-state index < -0.39 is 0 Å². The first kappa shape index (κ1) is 19.3. The van der Waals surface area contributed by atoms with Gasteiger partial charge < -0.3 is 9.67 Å². The van der Waals surface area contributed by atoms with Gasteiger partial charge in [0.25, 0.3) is 0 Å². The first-order valence-corrected chi connectivity index (χ1v) is 12.3. The second-order valence-corrected chi connectivity index (χ2v) is 11.2. The molecular formula is C26H36N2O2. The molecule has 5 aliphatic rings. The second kappa shape index (κ2) is 6.80. The Hall–Kier alpha value is -1.39. The molecule has 0 radical (unpaired) electrons. The first-order chi connectivity index (χ1) is 14.5. The van der Waals surface area contributed by atoms with Crippen molar-refractivity contribution in [3.8, 4) is 0 Å². The van der Waals surface area contributed by atoms with Gasteiger partial charge in [0.05, 0.1) is 5.69 Å². The highest BCUT2D eigenvalue weighted by Gasteiger charge is 2.57. The van der Waals surface area contributed by atoms with Crippen molar-refractivity contribution in [2.45, 2.75) is 102 Å². The van der Waals surface area contributed by atoms with Crippen LogP contribution in [0.5, 0.6) is 0 Å². The van der Waals surface area contributed by atoms with Crippen molar-refractivity contribution >= 4 is 11.4 Å². The molecule has 1 N–H and O–H groups in total. The number of piperidine rings is 2. The second-order valence-electron chi connectivity index (χ2n) is 11.2. The zero-order chi connectivity index (χ0) is 20.6. The van der Waals surface area contributed by atoms with E-state index in [1.54, 1.807) is 5.57 Å². The molecule has 0 amide bonds. The van der Waals surface area contributed by atoms with Crippen molar-refractivity contribution in [3.05, 3.63) is 29.1 Å². The number of allylic oxidation sites excluding steroid dienone is 1. The van der Waals surface area contributed by atoms with E-state index in [9.17, 15) is 9.90 Å². The summed E-state index contributed by atoms with van der Waals surface area (Å²) in [6, 6.07) is 6.01. The molecule has 3 saturated heterocycles. The average Bonchev–Trinajstić information content (AvgIpc) is 3.30. The SMILES string of the molecule is CC1=C(CC23CCCC4CC(C)CC(C(CO)C2)N43)CC2CCC(=O)c3ccc1n32. The van der Waals surface area contributed by atoms with E-state index in [1.165, 1.54) is 56.2 Å². The Morgan fingerprint density at radius 1 is 1.17 bits per heavy atom. The summed E-state index contributed by atoms with van der Waals surface area (Å²) in [5.74, 6) is 1.55. The Labute approximate surface area is 180 Å². The van der Waals surface area contributed by atoms with Gasteiger partial charge in [-0.2, -0.15) is 0 Å². The molecule has 6 unspecified atom stereocenters. The maximum Gasteiger partial charge on any atom is 0.179 e. The third kappa shape index (κ3) is 2.62. The van der Waals surface area contributed by atoms with Crippen LogP contribution in [0, 0.1) is 11.8 Å². The van der Waals surface area contributed by atoms with Crippen LogP contribution in [0.2, 0.25) is 0 Å². The molecule has 1 aromatic rings. The molecule has 0 aromatic carbocycles. The predicted octanol–water partition coefficient (Wildman–Crippen LogP) is 4.98. The monoisotopic (exact) mass is 408 g/mol. The largest absolute Gasteiger partial charge is 0.396 e. The van der Waals surface area contributed by atoms with Crippen molar-refractivity contribution in [2.75, 3.05) is 6.61 Å². The molecule has 4 nitrogen and oxygen atoms in total. The van der Waals surface area contributed by atoms with Crippen LogP contribution in [0.4, 0.5) is 0 Å². The van der Waals surface area contributed by atoms with E-state index in [4.69, 9.17) is 0 Å². The lowest BCUT2D eigenvalue weighted by Gasteiger charge is -2.54. The predicted molar refractivity (Wildman–Crippen MR) is 118 cm³/mol. The topological polar surface area (TPSA) is 45.5 Å². The number of aliphatic hydroxyl groups is 1. The van der Waals surface area contributed by atoms with Crippen LogP contribution in [0.3, 0.4) is 0 Å². The summed E-state index contributed by atoms with van der Waals surface area (Å²) < 4.78 is 2.35. The van der Waals surface area contributed by atoms with Crippen LogP contribution < -0.4 is 0 Å². The maximum absolute atomic E-state index is 12.4. The fourth-order valence-electron chi connectivity index (χ4n) is 8.30. The molecule has 6 rings (SSSR count). The fraction of sp³-hybridized carbons (Fsp3) is 0.731. The number of hydrogen-bond donors (Lipinski definition) is 1. The number of aliphatic hydroxyl groups excluding tert-OH is 1. The van der Waals surface area contributed by atoms with Crippen LogP contribution in [0.15, 0.2) is 17.7 Å². The minimum atomic E-state index is 0.250. The Morgan fingerprint density at radius 2 is 2.00 bits per heavy atom. The smallest absolute Gasteiger partial charge is 0.179 e. The van der Waals surface area contributed by atoms with Crippen LogP contribution in [-0.4, -0.2) is 44.6 Å². The Kier molecular flexibility index (Phi) is 4.38. The lowest BCUT2D eigenvalue weighted by atomic mass is 9.73. The van der Waals surface area contributed by atoms with E-state index in [1.807, 2.05) is 0 Å². The third-order valence-corrected chi connectivity index (χ3v) is 9.43. The zero-order valence-electron chi connectivity index (χ0n) is 18.6. The number of aromatic nitrogens is 1. The van der Waals surface area contributed by atoms with Crippen LogP contribution >= 0.6 is 0 Å². The van der Waals surface area contributed by atoms with E-state index in [0.29, 0.717) is 36.8 Å². The highest BCUT2D eigenvalue weighted by Crippen LogP contribution is 2.56. The number of ketones is 1. The minimum absolute atomic E-state index is 0.250. The zero-order valence-corrected chi connectivity index (χ0v) is 18.6. The number of hydrogen-bond acceptors (Lipinski definition) is 3. The summed E-state index contributed by atoms with van der Waals surface area (Å²) in [5, 5.41) is 10.3. The highest BCUT2D eigenvalue weighted by atomic mass is 16.3. The van der Waals surface area contributed by atoms with Crippen molar-refractivity contribution in [2.24, 2.45) is 11.8 Å². The Morgan fingerprint density at radius 3 is 2.83 bits per heavy atom. The molecular weight excluding hydrogens is 372 g/mol. The summed E-state index contributed by atoms with van der Waals surface area (Å²) in [7, 11) is 0. The number of rotatable bonds is 3. The number of Topliss-reactive ketones (excluding diaryl/α,β-unsaturated/α-hetero) is 1. The van der Waals surface area contributed by atoms with E-state index >= 15 is 0 Å². The van der Waals surface area contributed by atoms with Crippen molar-refractivity contribution in [3.63, 3.8) is 0 Å². The number of nitrogens with zero attached hydrogens (tertiary/aromatic N) is 2. The van der Waals surface area contributed by atoms with E-state index in [-0.39, 0.29) is 5.54 Å². The van der Waals surface area contributed by atoms with Crippen LogP contribution in [0.1, 0.15) is 100 Å². The van der Waals surface area contributed by atoms with Gasteiger partial charge in [0.1, 0.15) is 0 Å². The highest BCUT2D eigenvalue weighted by molar-refractivity contribution is 5.96. The van der Waals surface area contributed by atoms with Gasteiger partial charge in [0, 0.05) is 42.4 Å². The maximum atomic E-state index is 12.4. The summed E-state index contributed by atoms with van der Waals surface area (Å²) >= 11 is 0. The van der Waals surface area contributed by atoms with Gasteiger partial charge in [-0.25, -0.2) is 0 Å². The Balaban J connectivity index is 1.38. The van der Waals surface area contributed by atoms with E-state index in [2.05, 4.69) is 35.4 Å². The molecule has 3 fully saturated rings. The minimum Gasteiger partial charge on any atom is -0.396 e. The first-order valence-electron chi connectivity index (χ1n) is 12.3. The molecule has 0 saturated carbocycles. The normalized spacial score (nSPS) is 40.5. The molecule has 0 aliphatic carbocycles. The van der Waals surface area contributed by atoms with Gasteiger partial charge in [-0.15, -0.1) is 0 Å². The van der Waals surface area contributed by atoms with Gasteiger partial charge in [-0.3, -0.25) is 9.69 Å². The van der Waals surface area contributed by atoms with Crippen LogP contribution in [-0.2, 0) is 0 Å². The Bertz CT molecular complexity index is 914. The lowest BCUT2D eigenvalue weighted by molar-refractivity contribution is -0.0383. The van der Waals surface area contributed by atoms with Gasteiger partial charge in [-0.05, 0) is 87.8 Å². The lowest BCUT2D eigenvalue weighted by Crippen LogP contribution is -2.59. The standard InChI is InChI=1S/C26H36N2O2/c1-16-10-21-4-3-9-26(14-19(15-29)24(11-16)28(21)26)13-18-12-20-5-8-25(30)23-7-6-22(17(18)2)27(20)23/h6-7,16,19-21,24,29H,3-5,8-15H2,1-2H3. The molecule has 30 heavy (non-hydrogen) atoms. The molecule has 162 valence electrons. The number of carbonyl (C=O) groups excluding carboxylic acids is 1. The quantitative estimate of drug-likeness (QED) is 0.767. The van der Waals surface area contributed by atoms with Gasteiger partial charge >= 0.3 is 0 Å². The van der Waals surface area contributed by atoms with Crippen molar-refractivity contribution in [1.29, 1.82) is 0 Å². The van der Waals surface area contributed by atoms with Crippen molar-refractivity contribution < 1.29 is 9.90 Å². The van der Waals surface area contributed by atoms with Gasteiger partial charge in [0.15, 0.2) is 5.78 Å². The molecule has 6 atom stereocenters. The summed E-state index contributed by atoms with van der Waals surface area (Å²) in [6.45, 7) is 5.06. The molecule has 0 bridgehead atoms. The van der Waals surface area contributed by atoms with Crippen LogP contribution in [0.25, 0.3) is 5.57 Å². The third-order valence-electron chi connectivity index (χ3n) is 9.43. The van der Waals surface area contributed by atoms with Gasteiger partial charge in [0.2, 0.25) is 0 Å². The average molecular weight is 409 g/mol. The number of carbonyl (C=O) groups is 1. The molecule has 1 aromatic heterocycles. The summed E-state index contributed by atoms with van der Waals surface area (Å²) in [6.07, 6.45) is 11.7. The van der Waals surface area contributed by atoms with Crippen molar-refractivity contribution in [1.82, 2.24) is 9.47 Å². The van der Waals surface area contributed by atoms with Gasteiger partial charge in [-0.1, -0.05) is 18.9 Å². The molecule has 0 spiro atoms.